The van der Waals surface area contributed by atoms with Crippen LogP contribution in [0, 0.1) is 5.92 Å². The number of carbonyl (C=O) groups is 2. The number of rotatable bonds is 4. The molecule has 0 saturated carbocycles. The SMILES string of the molecule is CC(C)CN(C)C(=O)Nc1ccc(C(=O)O)nc1. The number of carboxylic acids is 1. The lowest BCUT2D eigenvalue weighted by Gasteiger charge is -2.19. The fourth-order valence-corrected chi connectivity index (χ4v) is 1.44. The molecule has 1 rings (SSSR count). The number of carboxylic acid groups (broad SMARTS) is 1. The number of nitrogens with one attached hydrogen (secondary N) is 1. The van der Waals surface area contributed by atoms with Gasteiger partial charge in [0.1, 0.15) is 5.69 Å². The Bertz CT molecular complexity index is 429. The highest BCUT2D eigenvalue weighted by Gasteiger charge is 2.11. The molecule has 0 saturated heterocycles. The van der Waals surface area contributed by atoms with E-state index >= 15 is 0 Å². The molecule has 2 amide bonds. The van der Waals surface area contributed by atoms with Crippen LogP contribution in [0.3, 0.4) is 0 Å². The maximum Gasteiger partial charge on any atom is 0.354 e. The molecule has 1 aromatic rings. The molecule has 0 unspecified atom stereocenters. The number of hydrogen-bond acceptors (Lipinski definition) is 3. The average Bonchev–Trinajstić information content (AvgIpc) is 2.28. The molecule has 18 heavy (non-hydrogen) atoms. The molecule has 6 nitrogen and oxygen atoms in total. The number of amides is 2. The van der Waals surface area contributed by atoms with E-state index in [1.165, 1.54) is 18.3 Å². The van der Waals surface area contributed by atoms with Crippen LogP contribution in [-0.2, 0) is 0 Å². The van der Waals surface area contributed by atoms with Crippen molar-refractivity contribution in [2.24, 2.45) is 5.92 Å². The highest BCUT2D eigenvalue weighted by Crippen LogP contribution is 2.07. The molecule has 0 aliphatic heterocycles. The third-order valence-corrected chi connectivity index (χ3v) is 2.22. The Morgan fingerprint density at radius 1 is 1.44 bits per heavy atom. The Kier molecular flexibility index (Phi) is 4.65. The van der Waals surface area contributed by atoms with Gasteiger partial charge in [-0.25, -0.2) is 14.6 Å². The van der Waals surface area contributed by atoms with Gasteiger partial charge in [0.15, 0.2) is 0 Å². The zero-order chi connectivity index (χ0) is 13.7. The summed E-state index contributed by atoms with van der Waals surface area (Å²) in [5.74, 6) is -0.710. The average molecular weight is 251 g/mol. The van der Waals surface area contributed by atoms with Crippen molar-refractivity contribution in [2.45, 2.75) is 13.8 Å². The standard InChI is InChI=1S/C12H17N3O3/c1-8(2)7-15(3)12(18)14-9-4-5-10(11(16)17)13-6-9/h4-6,8H,7H2,1-3H3,(H,14,18)(H,16,17). The Morgan fingerprint density at radius 2 is 2.11 bits per heavy atom. The zero-order valence-electron chi connectivity index (χ0n) is 10.7. The highest BCUT2D eigenvalue weighted by atomic mass is 16.4. The van der Waals surface area contributed by atoms with Crippen LogP contribution >= 0.6 is 0 Å². The number of urea groups is 1. The lowest BCUT2D eigenvalue weighted by Crippen LogP contribution is -2.34. The summed E-state index contributed by atoms with van der Waals surface area (Å²) in [5, 5.41) is 11.3. The van der Waals surface area contributed by atoms with Gasteiger partial charge >= 0.3 is 12.0 Å². The van der Waals surface area contributed by atoms with Crippen molar-refractivity contribution in [1.82, 2.24) is 9.88 Å². The Balaban J connectivity index is 2.62. The van der Waals surface area contributed by atoms with Crippen molar-refractivity contribution in [2.75, 3.05) is 18.9 Å². The summed E-state index contributed by atoms with van der Waals surface area (Å²) >= 11 is 0. The van der Waals surface area contributed by atoms with Gasteiger partial charge in [0.25, 0.3) is 0 Å². The molecule has 2 N–H and O–H groups in total. The second kappa shape index (κ2) is 6.00. The molecular formula is C12H17N3O3. The molecule has 0 spiro atoms. The quantitative estimate of drug-likeness (QED) is 0.856. The number of anilines is 1. The lowest BCUT2D eigenvalue weighted by molar-refractivity contribution is 0.0690. The number of pyridine rings is 1. The van der Waals surface area contributed by atoms with Gasteiger partial charge in [0.2, 0.25) is 0 Å². The lowest BCUT2D eigenvalue weighted by atomic mass is 10.2. The molecule has 0 aliphatic rings. The largest absolute Gasteiger partial charge is 0.477 e. The van der Waals surface area contributed by atoms with E-state index in [0.717, 1.165) is 0 Å². The molecule has 0 bridgehead atoms. The second-order valence-corrected chi connectivity index (χ2v) is 4.44. The molecule has 0 aliphatic carbocycles. The summed E-state index contributed by atoms with van der Waals surface area (Å²) in [7, 11) is 1.70. The minimum Gasteiger partial charge on any atom is -0.477 e. The van der Waals surface area contributed by atoms with Gasteiger partial charge in [-0.05, 0) is 18.1 Å². The number of hydrogen-bond donors (Lipinski definition) is 2. The zero-order valence-corrected chi connectivity index (χ0v) is 10.7. The predicted molar refractivity (Wildman–Crippen MR) is 67.7 cm³/mol. The van der Waals surface area contributed by atoms with Crippen molar-refractivity contribution in [1.29, 1.82) is 0 Å². The van der Waals surface area contributed by atoms with Crippen LogP contribution in [0.5, 0.6) is 0 Å². The Labute approximate surface area is 106 Å². The van der Waals surface area contributed by atoms with Crippen LogP contribution in [0.2, 0.25) is 0 Å². The van der Waals surface area contributed by atoms with Gasteiger partial charge in [-0.1, -0.05) is 13.8 Å². The van der Waals surface area contributed by atoms with Crippen LogP contribution in [0.4, 0.5) is 10.5 Å². The first-order chi connectivity index (χ1) is 8.40. The molecule has 0 fully saturated rings. The first-order valence-corrected chi connectivity index (χ1v) is 5.61. The van der Waals surface area contributed by atoms with Crippen molar-refractivity contribution in [3.8, 4) is 0 Å². The Hall–Kier alpha value is -2.11. The minimum absolute atomic E-state index is 0.0523. The summed E-state index contributed by atoms with van der Waals surface area (Å²) in [4.78, 5) is 27.6. The van der Waals surface area contributed by atoms with Gasteiger partial charge in [-0.2, -0.15) is 0 Å². The molecular weight excluding hydrogens is 234 g/mol. The van der Waals surface area contributed by atoms with Gasteiger partial charge in [0.05, 0.1) is 11.9 Å². The van der Waals surface area contributed by atoms with Crippen LogP contribution in [0.15, 0.2) is 18.3 Å². The van der Waals surface area contributed by atoms with Crippen molar-refractivity contribution in [3.63, 3.8) is 0 Å². The molecule has 0 radical (unpaired) electrons. The number of aromatic nitrogens is 1. The molecule has 0 atom stereocenters. The maximum atomic E-state index is 11.7. The summed E-state index contributed by atoms with van der Waals surface area (Å²) in [6.45, 7) is 4.69. The predicted octanol–water partition coefficient (Wildman–Crippen LogP) is 1.90. The first kappa shape index (κ1) is 14.0. The molecule has 0 aromatic carbocycles. The fourth-order valence-electron chi connectivity index (χ4n) is 1.44. The van der Waals surface area contributed by atoms with E-state index in [1.807, 2.05) is 13.8 Å². The van der Waals surface area contributed by atoms with Crippen LogP contribution in [0.25, 0.3) is 0 Å². The third kappa shape index (κ3) is 4.04. The minimum atomic E-state index is -1.09. The highest BCUT2D eigenvalue weighted by molar-refractivity contribution is 5.90. The fraction of sp³-hybridized carbons (Fsp3) is 0.417. The molecule has 98 valence electrons. The van der Waals surface area contributed by atoms with Gasteiger partial charge < -0.3 is 15.3 Å². The monoisotopic (exact) mass is 251 g/mol. The van der Waals surface area contributed by atoms with E-state index in [9.17, 15) is 9.59 Å². The third-order valence-electron chi connectivity index (χ3n) is 2.22. The molecule has 1 heterocycles. The number of nitrogens with zero attached hydrogens (tertiary/aromatic N) is 2. The van der Waals surface area contributed by atoms with Gasteiger partial charge in [-0.3, -0.25) is 0 Å². The number of carbonyl (C=O) groups excluding carboxylic acids is 1. The van der Waals surface area contributed by atoms with E-state index in [1.54, 1.807) is 11.9 Å². The van der Waals surface area contributed by atoms with Crippen LogP contribution < -0.4 is 5.32 Å². The van der Waals surface area contributed by atoms with Crippen LogP contribution in [0.1, 0.15) is 24.3 Å². The number of aromatic carboxylic acids is 1. The second-order valence-electron chi connectivity index (χ2n) is 4.44. The Morgan fingerprint density at radius 3 is 2.56 bits per heavy atom. The van der Waals surface area contributed by atoms with E-state index in [2.05, 4.69) is 10.3 Å². The summed E-state index contributed by atoms with van der Waals surface area (Å²) in [5.41, 5.74) is 0.421. The van der Waals surface area contributed by atoms with Crippen molar-refractivity contribution >= 4 is 17.7 Å². The smallest absolute Gasteiger partial charge is 0.354 e. The summed E-state index contributed by atoms with van der Waals surface area (Å²) in [6, 6.07) is 2.62. The van der Waals surface area contributed by atoms with Crippen molar-refractivity contribution < 1.29 is 14.7 Å². The topological polar surface area (TPSA) is 82.5 Å². The van der Waals surface area contributed by atoms with Gasteiger partial charge in [0, 0.05) is 13.6 Å². The van der Waals surface area contributed by atoms with Crippen LogP contribution in [-0.4, -0.2) is 40.6 Å². The first-order valence-electron chi connectivity index (χ1n) is 5.61. The van der Waals surface area contributed by atoms with E-state index in [4.69, 9.17) is 5.11 Å². The normalized spacial score (nSPS) is 10.2. The van der Waals surface area contributed by atoms with E-state index in [0.29, 0.717) is 18.2 Å². The molecule has 1 aromatic heterocycles. The summed E-state index contributed by atoms with van der Waals surface area (Å²) in [6.07, 6.45) is 1.32. The van der Waals surface area contributed by atoms with E-state index < -0.39 is 5.97 Å². The van der Waals surface area contributed by atoms with E-state index in [-0.39, 0.29) is 11.7 Å². The molecule has 6 heteroatoms. The summed E-state index contributed by atoms with van der Waals surface area (Å²) < 4.78 is 0. The van der Waals surface area contributed by atoms with Crippen molar-refractivity contribution in [3.05, 3.63) is 24.0 Å². The van der Waals surface area contributed by atoms with Gasteiger partial charge in [-0.15, -0.1) is 0 Å². The maximum absolute atomic E-state index is 11.7.